The van der Waals surface area contributed by atoms with E-state index in [1.165, 1.54) is 51.4 Å². The molecular weight excluding hydrogens is 471 g/mol. The molecule has 186 valence electrons. The zero-order chi connectivity index (χ0) is 24.6. The van der Waals surface area contributed by atoms with Gasteiger partial charge in [0, 0.05) is 15.6 Å². The molecule has 0 aliphatic heterocycles. The van der Waals surface area contributed by atoms with Crippen molar-refractivity contribution in [2.24, 2.45) is 0 Å². The van der Waals surface area contributed by atoms with Gasteiger partial charge >= 0.3 is 11.9 Å². The summed E-state index contributed by atoms with van der Waals surface area (Å²) in [7, 11) is 0. The summed E-state index contributed by atoms with van der Waals surface area (Å²) < 4.78 is 10.8. The van der Waals surface area contributed by atoms with Crippen LogP contribution in [0.4, 0.5) is 0 Å². The number of esters is 2. The van der Waals surface area contributed by atoms with Crippen LogP contribution in [0.25, 0.3) is 0 Å². The molecular formula is C28H36Cl2O4. The minimum atomic E-state index is -0.603. The maximum atomic E-state index is 12.6. The Morgan fingerprint density at radius 3 is 1.79 bits per heavy atom. The van der Waals surface area contributed by atoms with Crippen LogP contribution in [-0.2, 0) is 16.1 Å². The van der Waals surface area contributed by atoms with Crippen molar-refractivity contribution in [2.45, 2.75) is 84.2 Å². The van der Waals surface area contributed by atoms with Gasteiger partial charge in [-0.3, -0.25) is 0 Å². The molecule has 4 nitrogen and oxygen atoms in total. The van der Waals surface area contributed by atoms with Crippen molar-refractivity contribution in [1.29, 1.82) is 0 Å². The van der Waals surface area contributed by atoms with E-state index >= 15 is 0 Å². The number of unbranched alkanes of at least 4 members (excludes halogenated alkanes) is 10. The van der Waals surface area contributed by atoms with Gasteiger partial charge in [-0.05, 0) is 30.7 Å². The molecule has 6 heteroatoms. The third-order valence-corrected chi connectivity index (χ3v) is 6.31. The topological polar surface area (TPSA) is 52.6 Å². The van der Waals surface area contributed by atoms with E-state index in [0.29, 0.717) is 22.2 Å². The predicted octanol–water partition coefficient (Wildman–Crippen LogP) is 8.82. The van der Waals surface area contributed by atoms with Gasteiger partial charge in [0.2, 0.25) is 0 Å². The van der Waals surface area contributed by atoms with Crippen molar-refractivity contribution in [3.05, 3.63) is 69.2 Å². The van der Waals surface area contributed by atoms with Crippen LogP contribution in [0.5, 0.6) is 0 Å². The third-order valence-electron chi connectivity index (χ3n) is 5.72. The standard InChI is InChI=1S/C28H36Cl2O4/c1-2-3-4-5-6-7-8-9-10-11-14-19-33-27(31)24-15-12-13-16-25(24)28(32)34-21-22-17-18-23(29)20-26(22)30/h12-13,15-18,20H,2-11,14,19,21H2,1H3. The first-order chi connectivity index (χ1) is 16.5. The first-order valence-corrected chi connectivity index (χ1v) is 13.2. The summed E-state index contributed by atoms with van der Waals surface area (Å²) in [6, 6.07) is 11.5. The third kappa shape index (κ3) is 10.5. The van der Waals surface area contributed by atoms with Gasteiger partial charge < -0.3 is 9.47 Å². The minimum Gasteiger partial charge on any atom is -0.462 e. The summed E-state index contributed by atoms with van der Waals surface area (Å²) >= 11 is 12.0. The molecule has 0 radical (unpaired) electrons. The summed E-state index contributed by atoms with van der Waals surface area (Å²) in [5, 5.41) is 0.922. The fourth-order valence-corrected chi connectivity index (χ4v) is 4.17. The van der Waals surface area contributed by atoms with Crippen molar-refractivity contribution in [2.75, 3.05) is 6.61 Å². The van der Waals surface area contributed by atoms with Crippen LogP contribution in [-0.4, -0.2) is 18.5 Å². The largest absolute Gasteiger partial charge is 0.462 e. The Balaban J connectivity index is 1.69. The monoisotopic (exact) mass is 506 g/mol. The molecule has 2 aromatic rings. The second-order valence-electron chi connectivity index (χ2n) is 8.53. The maximum Gasteiger partial charge on any atom is 0.339 e. The zero-order valence-corrected chi connectivity index (χ0v) is 21.6. The van der Waals surface area contributed by atoms with Crippen LogP contribution in [0.15, 0.2) is 42.5 Å². The molecule has 0 unspecified atom stereocenters. The molecule has 0 aromatic heterocycles. The van der Waals surface area contributed by atoms with Gasteiger partial charge in [-0.2, -0.15) is 0 Å². The minimum absolute atomic E-state index is 0.0169. The first-order valence-electron chi connectivity index (χ1n) is 12.4. The average molecular weight is 507 g/mol. The summed E-state index contributed by atoms with van der Waals surface area (Å²) in [5.41, 5.74) is 1.02. The van der Waals surface area contributed by atoms with Gasteiger partial charge in [0.1, 0.15) is 6.61 Å². The Labute approximate surface area is 213 Å². The molecule has 0 saturated carbocycles. The number of ether oxygens (including phenoxy) is 2. The summed E-state index contributed by atoms with van der Waals surface area (Å²) in [5.74, 6) is -1.11. The van der Waals surface area contributed by atoms with Crippen molar-refractivity contribution in [3.8, 4) is 0 Å². The lowest BCUT2D eigenvalue weighted by molar-refractivity contribution is 0.0436. The van der Waals surface area contributed by atoms with E-state index in [9.17, 15) is 9.59 Å². The molecule has 0 fully saturated rings. The van der Waals surface area contributed by atoms with Gasteiger partial charge in [-0.25, -0.2) is 9.59 Å². The Hall–Kier alpha value is -2.04. The van der Waals surface area contributed by atoms with Crippen molar-refractivity contribution in [1.82, 2.24) is 0 Å². The van der Waals surface area contributed by atoms with Crippen LogP contribution in [0, 0.1) is 0 Å². The number of carbonyl (C=O) groups excluding carboxylic acids is 2. The van der Waals surface area contributed by atoms with Crippen molar-refractivity contribution in [3.63, 3.8) is 0 Å². The molecule has 2 aromatic carbocycles. The van der Waals surface area contributed by atoms with Gasteiger partial charge in [-0.1, -0.05) is 113 Å². The Morgan fingerprint density at radius 1 is 0.706 bits per heavy atom. The fraction of sp³-hybridized carbons (Fsp3) is 0.500. The number of carbonyl (C=O) groups is 2. The first kappa shape index (κ1) is 28.2. The zero-order valence-electron chi connectivity index (χ0n) is 20.1. The molecule has 0 heterocycles. The quantitative estimate of drug-likeness (QED) is 0.168. The fourth-order valence-electron chi connectivity index (χ4n) is 3.71. The lowest BCUT2D eigenvalue weighted by Gasteiger charge is -2.11. The summed E-state index contributed by atoms with van der Waals surface area (Å²) in [6.07, 6.45) is 13.5. The molecule has 0 saturated heterocycles. The molecule has 0 N–H and O–H groups in total. The molecule has 0 spiro atoms. The highest BCUT2D eigenvalue weighted by Crippen LogP contribution is 2.22. The van der Waals surface area contributed by atoms with E-state index in [1.807, 2.05) is 0 Å². The molecule has 0 aliphatic rings. The van der Waals surface area contributed by atoms with Crippen LogP contribution in [0.3, 0.4) is 0 Å². The van der Waals surface area contributed by atoms with E-state index in [-0.39, 0.29) is 17.7 Å². The molecule has 0 atom stereocenters. The molecule has 0 aliphatic carbocycles. The normalized spacial score (nSPS) is 10.8. The van der Waals surface area contributed by atoms with Crippen molar-refractivity contribution >= 4 is 35.1 Å². The predicted molar refractivity (Wildman–Crippen MR) is 139 cm³/mol. The number of benzene rings is 2. The Kier molecular flexibility index (Phi) is 13.7. The lowest BCUT2D eigenvalue weighted by Crippen LogP contribution is -2.14. The smallest absolute Gasteiger partial charge is 0.339 e. The van der Waals surface area contributed by atoms with Gasteiger partial charge in [-0.15, -0.1) is 0 Å². The van der Waals surface area contributed by atoms with Crippen LogP contribution < -0.4 is 0 Å². The molecule has 0 bridgehead atoms. The van der Waals surface area contributed by atoms with Gasteiger partial charge in [0.05, 0.1) is 17.7 Å². The van der Waals surface area contributed by atoms with E-state index < -0.39 is 11.9 Å². The molecule has 0 amide bonds. The van der Waals surface area contributed by atoms with E-state index in [2.05, 4.69) is 6.92 Å². The summed E-state index contributed by atoms with van der Waals surface area (Å²) in [6.45, 7) is 2.57. The second kappa shape index (κ2) is 16.6. The average Bonchev–Trinajstić information content (AvgIpc) is 2.84. The number of hydrogen-bond donors (Lipinski definition) is 0. The van der Waals surface area contributed by atoms with Crippen molar-refractivity contribution < 1.29 is 19.1 Å². The van der Waals surface area contributed by atoms with E-state index in [1.54, 1.807) is 42.5 Å². The molecule has 2 rings (SSSR count). The number of halogens is 2. The highest BCUT2D eigenvalue weighted by molar-refractivity contribution is 6.35. The highest BCUT2D eigenvalue weighted by atomic mass is 35.5. The van der Waals surface area contributed by atoms with Crippen LogP contribution >= 0.6 is 23.2 Å². The Morgan fingerprint density at radius 2 is 1.24 bits per heavy atom. The maximum absolute atomic E-state index is 12.6. The van der Waals surface area contributed by atoms with Gasteiger partial charge in [0.15, 0.2) is 0 Å². The number of rotatable bonds is 16. The SMILES string of the molecule is CCCCCCCCCCCCCOC(=O)c1ccccc1C(=O)OCc1ccc(Cl)cc1Cl. The Bertz CT molecular complexity index is 898. The summed E-state index contributed by atoms with van der Waals surface area (Å²) in [4.78, 5) is 25.1. The van der Waals surface area contributed by atoms with E-state index in [0.717, 1.165) is 19.3 Å². The van der Waals surface area contributed by atoms with Gasteiger partial charge in [0.25, 0.3) is 0 Å². The number of hydrogen-bond acceptors (Lipinski definition) is 4. The second-order valence-corrected chi connectivity index (χ2v) is 9.37. The molecule has 34 heavy (non-hydrogen) atoms. The highest BCUT2D eigenvalue weighted by Gasteiger charge is 2.19. The van der Waals surface area contributed by atoms with Crippen LogP contribution in [0.1, 0.15) is 104 Å². The lowest BCUT2D eigenvalue weighted by atomic mass is 10.1. The van der Waals surface area contributed by atoms with Crippen LogP contribution in [0.2, 0.25) is 10.0 Å². The van der Waals surface area contributed by atoms with E-state index in [4.69, 9.17) is 32.7 Å².